The second-order valence-corrected chi connectivity index (χ2v) is 9.45. The number of nitrogens with zero attached hydrogens (tertiary/aromatic N) is 1. The highest BCUT2D eigenvalue weighted by Gasteiger charge is 2.40. The molecule has 1 heterocycles. The molecule has 1 aliphatic rings. The van der Waals surface area contributed by atoms with Gasteiger partial charge in [0.05, 0.1) is 23.6 Å². The molecule has 1 aromatic rings. The third kappa shape index (κ3) is 4.51. The zero-order valence-corrected chi connectivity index (χ0v) is 17.1. The van der Waals surface area contributed by atoms with Crippen LogP contribution in [0.5, 0.6) is 0 Å². The molecule has 0 radical (unpaired) electrons. The second kappa shape index (κ2) is 8.60. The number of thioether (sulfide) groups is 1. The first-order valence-electron chi connectivity index (χ1n) is 7.93. The summed E-state index contributed by atoms with van der Waals surface area (Å²) in [5.41, 5.74) is 0.151. The standard InChI is InChI=1S/C16H21ClN2O5S2/c1-10(2)7-18-15(20)13-8-25-9-19(13)26(22,23)14-5-4-11(6-12(14)17)16(21)24-3/h4-6,10,13H,7-9H2,1-3H3,(H,18,20). The van der Waals surface area contributed by atoms with E-state index < -0.39 is 22.0 Å². The minimum absolute atomic E-state index is 0.0915. The predicted molar refractivity (Wildman–Crippen MR) is 101 cm³/mol. The van der Waals surface area contributed by atoms with Crippen LogP contribution < -0.4 is 5.32 Å². The van der Waals surface area contributed by atoms with Crippen molar-refractivity contribution in [1.29, 1.82) is 0 Å². The van der Waals surface area contributed by atoms with Crippen LogP contribution in [0.1, 0.15) is 24.2 Å². The Hall–Kier alpha value is -1.29. The quantitative estimate of drug-likeness (QED) is 0.707. The predicted octanol–water partition coefficient (Wildman–Crippen LogP) is 1.96. The number of carbonyl (C=O) groups is 2. The van der Waals surface area contributed by atoms with Gasteiger partial charge in [-0.25, -0.2) is 13.2 Å². The third-order valence-corrected chi connectivity index (χ3v) is 7.28. The summed E-state index contributed by atoms with van der Waals surface area (Å²) in [5, 5.41) is 2.68. The van der Waals surface area contributed by atoms with E-state index in [1.54, 1.807) is 0 Å². The van der Waals surface area contributed by atoms with Gasteiger partial charge < -0.3 is 10.1 Å². The SMILES string of the molecule is COC(=O)c1ccc(S(=O)(=O)N2CSCC2C(=O)NCC(C)C)c(Cl)c1. The fourth-order valence-electron chi connectivity index (χ4n) is 2.37. The maximum Gasteiger partial charge on any atom is 0.337 e. The van der Waals surface area contributed by atoms with Crippen molar-refractivity contribution in [3.05, 3.63) is 28.8 Å². The lowest BCUT2D eigenvalue weighted by Gasteiger charge is -2.23. The molecule has 0 bridgehead atoms. The van der Waals surface area contributed by atoms with E-state index in [0.29, 0.717) is 12.3 Å². The number of nitrogens with one attached hydrogen (secondary N) is 1. The van der Waals surface area contributed by atoms with Gasteiger partial charge >= 0.3 is 5.97 Å². The number of amides is 1. The van der Waals surface area contributed by atoms with Crippen LogP contribution >= 0.6 is 23.4 Å². The molecular formula is C16H21ClN2O5S2. The van der Waals surface area contributed by atoms with Crippen LogP contribution in [-0.2, 0) is 19.6 Å². The van der Waals surface area contributed by atoms with Crippen molar-refractivity contribution in [1.82, 2.24) is 9.62 Å². The maximum atomic E-state index is 13.0. The van der Waals surface area contributed by atoms with E-state index in [9.17, 15) is 18.0 Å². The van der Waals surface area contributed by atoms with Gasteiger partial charge in [0.15, 0.2) is 0 Å². The van der Waals surface area contributed by atoms with Gasteiger partial charge in [0.1, 0.15) is 10.9 Å². The number of hydrogen-bond donors (Lipinski definition) is 1. The average molecular weight is 421 g/mol. The Morgan fingerprint density at radius 1 is 1.42 bits per heavy atom. The number of rotatable bonds is 6. The van der Waals surface area contributed by atoms with Gasteiger partial charge in [-0.1, -0.05) is 25.4 Å². The number of sulfonamides is 1. The lowest BCUT2D eigenvalue weighted by molar-refractivity contribution is -0.123. The molecule has 1 atom stereocenters. The van der Waals surface area contributed by atoms with E-state index in [-0.39, 0.29) is 33.2 Å². The van der Waals surface area contributed by atoms with Crippen molar-refractivity contribution in [2.75, 3.05) is 25.3 Å². The molecule has 0 spiro atoms. The number of hydrogen-bond acceptors (Lipinski definition) is 6. The zero-order valence-electron chi connectivity index (χ0n) is 14.7. The lowest BCUT2D eigenvalue weighted by atomic mass is 10.2. The number of methoxy groups -OCH3 is 1. The molecule has 1 fully saturated rings. The summed E-state index contributed by atoms with van der Waals surface area (Å²) >= 11 is 7.46. The van der Waals surface area contributed by atoms with Crippen molar-refractivity contribution in [2.24, 2.45) is 5.92 Å². The molecule has 0 aromatic heterocycles. The number of benzene rings is 1. The van der Waals surface area contributed by atoms with E-state index >= 15 is 0 Å². The Morgan fingerprint density at radius 3 is 2.69 bits per heavy atom. The number of halogens is 1. The van der Waals surface area contributed by atoms with Crippen LogP contribution in [0.25, 0.3) is 0 Å². The van der Waals surface area contributed by atoms with Crippen LogP contribution in [0.15, 0.2) is 23.1 Å². The minimum atomic E-state index is -3.98. The summed E-state index contributed by atoms with van der Waals surface area (Å²) in [6, 6.07) is 3.05. The molecule has 144 valence electrons. The van der Waals surface area contributed by atoms with Gasteiger partial charge in [-0.2, -0.15) is 4.31 Å². The van der Waals surface area contributed by atoms with Crippen molar-refractivity contribution < 1.29 is 22.7 Å². The molecule has 1 aliphatic heterocycles. The molecule has 7 nitrogen and oxygen atoms in total. The smallest absolute Gasteiger partial charge is 0.337 e. The summed E-state index contributed by atoms with van der Waals surface area (Å²) < 4.78 is 31.7. The van der Waals surface area contributed by atoms with Gasteiger partial charge in [0, 0.05) is 12.3 Å². The zero-order chi connectivity index (χ0) is 19.5. The third-order valence-electron chi connectivity index (χ3n) is 3.77. The molecule has 10 heteroatoms. The Balaban J connectivity index is 2.28. The summed E-state index contributed by atoms with van der Waals surface area (Å²) in [6.07, 6.45) is 0. The van der Waals surface area contributed by atoms with Crippen molar-refractivity contribution in [3.8, 4) is 0 Å². The second-order valence-electron chi connectivity index (χ2n) is 6.18. The first-order chi connectivity index (χ1) is 12.2. The maximum absolute atomic E-state index is 13.0. The first-order valence-corrected chi connectivity index (χ1v) is 10.9. The molecule has 2 rings (SSSR count). The van der Waals surface area contributed by atoms with Crippen molar-refractivity contribution in [2.45, 2.75) is 24.8 Å². The molecule has 0 aliphatic carbocycles. The highest BCUT2D eigenvalue weighted by Crippen LogP contribution is 2.32. The largest absolute Gasteiger partial charge is 0.465 e. The van der Waals surface area contributed by atoms with E-state index in [4.69, 9.17) is 11.6 Å². The molecule has 0 saturated carbocycles. The normalized spacial score (nSPS) is 18.1. The highest BCUT2D eigenvalue weighted by atomic mass is 35.5. The molecule has 26 heavy (non-hydrogen) atoms. The molecule has 1 amide bonds. The monoisotopic (exact) mass is 420 g/mol. The molecule has 1 saturated heterocycles. The van der Waals surface area contributed by atoms with E-state index in [0.717, 1.165) is 4.31 Å². The average Bonchev–Trinajstić information content (AvgIpc) is 3.09. The molecular weight excluding hydrogens is 400 g/mol. The summed E-state index contributed by atoms with van der Waals surface area (Å²) in [7, 11) is -2.76. The summed E-state index contributed by atoms with van der Waals surface area (Å²) in [6.45, 7) is 4.39. The van der Waals surface area contributed by atoms with Crippen molar-refractivity contribution >= 4 is 45.3 Å². The van der Waals surface area contributed by atoms with Gasteiger partial charge in [0.25, 0.3) is 0 Å². The van der Waals surface area contributed by atoms with Gasteiger partial charge in [-0.05, 0) is 24.1 Å². The molecule has 1 unspecified atom stereocenters. The minimum Gasteiger partial charge on any atom is -0.465 e. The fraction of sp³-hybridized carbons (Fsp3) is 0.500. The Kier molecular flexibility index (Phi) is 6.95. The summed E-state index contributed by atoms with van der Waals surface area (Å²) in [5.74, 6) is -0.135. The topological polar surface area (TPSA) is 92.8 Å². The van der Waals surface area contributed by atoms with Crippen LogP contribution in [0, 0.1) is 5.92 Å². The fourth-order valence-corrected chi connectivity index (χ4v) is 6.04. The van der Waals surface area contributed by atoms with E-state index in [2.05, 4.69) is 10.1 Å². The van der Waals surface area contributed by atoms with Gasteiger partial charge in [0.2, 0.25) is 15.9 Å². The van der Waals surface area contributed by atoms with Gasteiger partial charge in [-0.15, -0.1) is 11.8 Å². The lowest BCUT2D eigenvalue weighted by Crippen LogP contribution is -2.47. The van der Waals surface area contributed by atoms with Crippen molar-refractivity contribution in [3.63, 3.8) is 0 Å². The van der Waals surface area contributed by atoms with Crippen LogP contribution in [0.2, 0.25) is 5.02 Å². The van der Waals surface area contributed by atoms with E-state index in [1.807, 2.05) is 13.8 Å². The highest BCUT2D eigenvalue weighted by molar-refractivity contribution is 8.00. The van der Waals surface area contributed by atoms with Crippen LogP contribution in [0.4, 0.5) is 0 Å². The van der Waals surface area contributed by atoms with Crippen LogP contribution in [-0.4, -0.2) is 55.9 Å². The van der Waals surface area contributed by atoms with E-state index in [1.165, 1.54) is 37.1 Å². The molecule has 1 aromatic carbocycles. The molecule has 1 N–H and O–H groups in total. The van der Waals surface area contributed by atoms with Gasteiger partial charge in [-0.3, -0.25) is 4.79 Å². The Morgan fingerprint density at radius 2 is 2.12 bits per heavy atom. The summed E-state index contributed by atoms with van der Waals surface area (Å²) in [4.78, 5) is 23.8. The number of carbonyl (C=O) groups excluding carboxylic acids is 2. The Labute approximate surface area is 162 Å². The Bertz CT molecular complexity index is 798. The van der Waals surface area contributed by atoms with Crippen LogP contribution in [0.3, 0.4) is 0 Å². The number of ether oxygens (including phenoxy) is 1. The number of esters is 1. The first kappa shape index (κ1) is 21.0.